The molecular weight excluding hydrogens is 437 g/mol. The molecule has 6 heteroatoms. The van der Waals surface area contributed by atoms with E-state index in [9.17, 15) is 0 Å². The van der Waals surface area contributed by atoms with Crippen LogP contribution >= 0.6 is 35.6 Å². The molecule has 0 atom stereocenters. The summed E-state index contributed by atoms with van der Waals surface area (Å²) in [5.41, 5.74) is 1.54. The number of rotatable bonds is 7. The molecule has 1 fully saturated rings. The van der Waals surface area contributed by atoms with Crippen molar-refractivity contribution in [3.8, 4) is 0 Å². The quantitative estimate of drug-likeness (QED) is 0.360. The predicted octanol–water partition coefficient (Wildman–Crippen LogP) is 4.22. The van der Waals surface area contributed by atoms with Crippen LogP contribution in [0.2, 0.25) is 5.02 Å². The van der Waals surface area contributed by atoms with Crippen molar-refractivity contribution in [3.63, 3.8) is 0 Å². The molecule has 0 saturated heterocycles. The first-order valence-electron chi connectivity index (χ1n) is 8.35. The topological polar surface area (TPSA) is 45.7 Å². The summed E-state index contributed by atoms with van der Waals surface area (Å²) in [6.45, 7) is 2.52. The molecular formula is C18H29ClIN3O. The minimum Gasteiger partial charge on any atom is -0.385 e. The average molecular weight is 466 g/mol. The Hall–Kier alpha value is -0.530. The second-order valence-electron chi connectivity index (χ2n) is 6.36. The van der Waals surface area contributed by atoms with Crippen LogP contribution in [-0.2, 0) is 11.3 Å². The smallest absolute Gasteiger partial charge is 0.191 e. The van der Waals surface area contributed by atoms with E-state index in [0.29, 0.717) is 5.41 Å². The fraction of sp³-hybridized carbons (Fsp3) is 0.611. The standard InChI is InChI=1S/C18H28ClN3O.HI/c1-20-17(21-13-15-5-7-16(19)8-6-15)22-14-18(11-12-23-2)9-3-4-10-18;/h5-8H,3-4,9-14H2,1-2H3,(H2,20,21,22);1H. The number of ether oxygens (including phenoxy) is 1. The lowest BCUT2D eigenvalue weighted by Gasteiger charge is -2.30. The zero-order valence-corrected chi connectivity index (χ0v) is 17.7. The van der Waals surface area contributed by atoms with Crippen molar-refractivity contribution in [2.45, 2.75) is 38.6 Å². The van der Waals surface area contributed by atoms with Gasteiger partial charge in [-0.15, -0.1) is 24.0 Å². The van der Waals surface area contributed by atoms with E-state index in [2.05, 4.69) is 15.6 Å². The number of halogens is 2. The minimum absolute atomic E-state index is 0. The molecule has 0 aromatic heterocycles. The van der Waals surface area contributed by atoms with E-state index in [-0.39, 0.29) is 24.0 Å². The van der Waals surface area contributed by atoms with Crippen molar-refractivity contribution < 1.29 is 4.74 Å². The van der Waals surface area contributed by atoms with Gasteiger partial charge in [0, 0.05) is 38.9 Å². The van der Waals surface area contributed by atoms with Gasteiger partial charge in [0.15, 0.2) is 5.96 Å². The van der Waals surface area contributed by atoms with Gasteiger partial charge in [-0.2, -0.15) is 0 Å². The maximum Gasteiger partial charge on any atom is 0.191 e. The predicted molar refractivity (Wildman–Crippen MR) is 112 cm³/mol. The van der Waals surface area contributed by atoms with Crippen molar-refractivity contribution in [3.05, 3.63) is 34.9 Å². The van der Waals surface area contributed by atoms with Crippen LogP contribution in [0.4, 0.5) is 0 Å². The number of hydrogen-bond donors (Lipinski definition) is 2. The highest BCUT2D eigenvalue weighted by atomic mass is 127. The lowest BCUT2D eigenvalue weighted by atomic mass is 9.83. The lowest BCUT2D eigenvalue weighted by Crippen LogP contribution is -2.43. The molecule has 0 amide bonds. The maximum atomic E-state index is 5.91. The summed E-state index contributed by atoms with van der Waals surface area (Å²) in [7, 11) is 3.59. The SMILES string of the molecule is CN=C(NCc1ccc(Cl)cc1)NCC1(CCOC)CCCC1.I. The molecule has 0 spiro atoms. The third kappa shape index (κ3) is 6.76. The van der Waals surface area contributed by atoms with Gasteiger partial charge in [-0.1, -0.05) is 36.6 Å². The van der Waals surface area contributed by atoms with Crippen LogP contribution in [0.3, 0.4) is 0 Å². The van der Waals surface area contributed by atoms with E-state index in [1.807, 2.05) is 31.3 Å². The number of aliphatic imine (C=N–C) groups is 1. The molecule has 1 aliphatic rings. The number of nitrogens with one attached hydrogen (secondary N) is 2. The van der Waals surface area contributed by atoms with Crippen LogP contribution in [0.1, 0.15) is 37.7 Å². The molecule has 136 valence electrons. The molecule has 2 N–H and O–H groups in total. The van der Waals surface area contributed by atoms with Crippen LogP contribution in [0.25, 0.3) is 0 Å². The molecule has 1 aliphatic carbocycles. The van der Waals surface area contributed by atoms with Gasteiger partial charge in [-0.05, 0) is 42.4 Å². The normalized spacial score (nSPS) is 16.5. The molecule has 1 saturated carbocycles. The highest BCUT2D eigenvalue weighted by molar-refractivity contribution is 14.0. The molecule has 0 radical (unpaired) electrons. The fourth-order valence-corrected chi connectivity index (χ4v) is 3.36. The van der Waals surface area contributed by atoms with Gasteiger partial charge in [0.1, 0.15) is 0 Å². The summed E-state index contributed by atoms with van der Waals surface area (Å²) in [6, 6.07) is 7.87. The van der Waals surface area contributed by atoms with Crippen LogP contribution in [-0.4, -0.2) is 33.3 Å². The van der Waals surface area contributed by atoms with Gasteiger partial charge >= 0.3 is 0 Å². The molecule has 0 aliphatic heterocycles. The Labute approximate surface area is 167 Å². The zero-order valence-electron chi connectivity index (χ0n) is 14.6. The number of benzene rings is 1. The second kappa shape index (κ2) is 11.2. The van der Waals surface area contributed by atoms with Crippen LogP contribution < -0.4 is 10.6 Å². The first-order chi connectivity index (χ1) is 11.2. The van der Waals surface area contributed by atoms with Gasteiger partial charge in [-0.3, -0.25) is 4.99 Å². The second-order valence-corrected chi connectivity index (χ2v) is 6.79. The van der Waals surface area contributed by atoms with Crippen LogP contribution in [0, 0.1) is 5.41 Å². The van der Waals surface area contributed by atoms with E-state index >= 15 is 0 Å². The lowest BCUT2D eigenvalue weighted by molar-refractivity contribution is 0.138. The van der Waals surface area contributed by atoms with Gasteiger partial charge in [0.25, 0.3) is 0 Å². The zero-order chi connectivity index (χ0) is 16.5. The molecule has 1 aromatic carbocycles. The molecule has 0 heterocycles. The largest absolute Gasteiger partial charge is 0.385 e. The maximum absolute atomic E-state index is 5.91. The fourth-order valence-electron chi connectivity index (χ4n) is 3.24. The number of hydrogen-bond acceptors (Lipinski definition) is 2. The van der Waals surface area contributed by atoms with Crippen molar-refractivity contribution in [2.75, 3.05) is 27.3 Å². The van der Waals surface area contributed by atoms with E-state index < -0.39 is 0 Å². The summed E-state index contributed by atoms with van der Waals surface area (Å²) in [4.78, 5) is 4.33. The van der Waals surface area contributed by atoms with Crippen LogP contribution in [0.5, 0.6) is 0 Å². The third-order valence-corrected chi connectivity index (χ3v) is 4.98. The van der Waals surface area contributed by atoms with E-state index in [1.54, 1.807) is 7.11 Å². The molecule has 4 nitrogen and oxygen atoms in total. The summed E-state index contributed by atoms with van der Waals surface area (Å²) in [5.74, 6) is 0.851. The average Bonchev–Trinajstić information content (AvgIpc) is 3.04. The van der Waals surface area contributed by atoms with Crippen molar-refractivity contribution in [2.24, 2.45) is 10.4 Å². The van der Waals surface area contributed by atoms with Crippen molar-refractivity contribution >= 4 is 41.5 Å². The molecule has 2 rings (SSSR count). The highest BCUT2D eigenvalue weighted by Gasteiger charge is 2.33. The first kappa shape index (κ1) is 21.5. The van der Waals surface area contributed by atoms with E-state index in [4.69, 9.17) is 16.3 Å². The Bertz CT molecular complexity index is 501. The van der Waals surface area contributed by atoms with E-state index in [0.717, 1.165) is 37.1 Å². The monoisotopic (exact) mass is 465 g/mol. The number of methoxy groups -OCH3 is 1. The van der Waals surface area contributed by atoms with Gasteiger partial charge in [0.2, 0.25) is 0 Å². The summed E-state index contributed by atoms with van der Waals surface area (Å²) < 4.78 is 5.29. The van der Waals surface area contributed by atoms with Crippen molar-refractivity contribution in [1.29, 1.82) is 0 Å². The number of nitrogens with zero attached hydrogens (tertiary/aromatic N) is 1. The molecule has 24 heavy (non-hydrogen) atoms. The summed E-state index contributed by atoms with van der Waals surface area (Å²) in [6.07, 6.45) is 6.31. The Kier molecular flexibility index (Phi) is 10.0. The van der Waals surface area contributed by atoms with Crippen LogP contribution in [0.15, 0.2) is 29.3 Å². The van der Waals surface area contributed by atoms with Gasteiger partial charge in [-0.25, -0.2) is 0 Å². The van der Waals surface area contributed by atoms with Gasteiger partial charge in [0.05, 0.1) is 0 Å². The Balaban J connectivity index is 0.00000288. The van der Waals surface area contributed by atoms with Gasteiger partial charge < -0.3 is 15.4 Å². The van der Waals surface area contributed by atoms with E-state index in [1.165, 1.54) is 31.2 Å². The summed E-state index contributed by atoms with van der Waals surface area (Å²) >= 11 is 5.91. The molecule has 0 unspecified atom stereocenters. The Morgan fingerprint density at radius 1 is 1.21 bits per heavy atom. The third-order valence-electron chi connectivity index (χ3n) is 4.73. The highest BCUT2D eigenvalue weighted by Crippen LogP contribution is 2.40. The molecule has 0 bridgehead atoms. The van der Waals surface area contributed by atoms with Crippen molar-refractivity contribution in [1.82, 2.24) is 10.6 Å². The molecule has 1 aromatic rings. The first-order valence-corrected chi connectivity index (χ1v) is 8.73. The number of guanidine groups is 1. The minimum atomic E-state index is 0. The Morgan fingerprint density at radius 2 is 1.88 bits per heavy atom. The Morgan fingerprint density at radius 3 is 2.46 bits per heavy atom. The summed E-state index contributed by atoms with van der Waals surface area (Å²) in [5, 5.41) is 7.63.